The molecular formula is C16H25NO4S. The molecule has 22 heavy (non-hydrogen) atoms. The predicted molar refractivity (Wildman–Crippen MR) is 86.2 cm³/mol. The second-order valence-electron chi connectivity index (χ2n) is 6.28. The first kappa shape index (κ1) is 18.6. The van der Waals surface area contributed by atoms with Gasteiger partial charge in [0, 0.05) is 20.0 Å². The molecular weight excluding hydrogens is 302 g/mol. The Morgan fingerprint density at radius 1 is 1.18 bits per heavy atom. The second kappa shape index (κ2) is 7.24. The van der Waals surface area contributed by atoms with Gasteiger partial charge in [-0.25, -0.2) is 12.7 Å². The highest BCUT2D eigenvalue weighted by molar-refractivity contribution is 7.89. The Morgan fingerprint density at radius 2 is 1.73 bits per heavy atom. The molecule has 0 radical (unpaired) electrons. The van der Waals surface area contributed by atoms with Gasteiger partial charge in [0.2, 0.25) is 10.0 Å². The summed E-state index contributed by atoms with van der Waals surface area (Å²) in [6.45, 7) is 6.51. The van der Waals surface area contributed by atoms with Gasteiger partial charge in [-0.2, -0.15) is 0 Å². The Bertz CT molecular complexity index is 600. The number of carbonyl (C=O) groups is 1. The second-order valence-corrected chi connectivity index (χ2v) is 8.33. The van der Waals surface area contributed by atoms with Gasteiger partial charge in [0.25, 0.3) is 0 Å². The van der Waals surface area contributed by atoms with Crippen LogP contribution in [0.15, 0.2) is 29.2 Å². The van der Waals surface area contributed by atoms with Crippen LogP contribution in [0.4, 0.5) is 0 Å². The van der Waals surface area contributed by atoms with Crippen molar-refractivity contribution in [2.75, 3.05) is 20.7 Å². The molecule has 0 aliphatic rings. The first-order chi connectivity index (χ1) is 10.1. The average molecular weight is 327 g/mol. The van der Waals surface area contributed by atoms with Gasteiger partial charge in [0.05, 0.1) is 12.0 Å². The average Bonchev–Trinajstić information content (AvgIpc) is 2.46. The summed E-state index contributed by atoms with van der Waals surface area (Å²) < 4.78 is 30.7. The number of carbonyl (C=O) groups excluding carboxylic acids is 1. The minimum atomic E-state index is -3.52. The third-order valence-electron chi connectivity index (χ3n) is 3.51. The largest absolute Gasteiger partial charge is 0.469 e. The molecule has 0 saturated heterocycles. The molecule has 0 atom stereocenters. The standard InChI is InChI=1S/C16H25NO4S/c1-16(2,3)13-8-10-14(11-9-13)22(19,20)17(4)12-6-7-15(18)21-5/h8-11H,6-7,12H2,1-5H3. The zero-order chi connectivity index (χ0) is 17.0. The highest BCUT2D eigenvalue weighted by Crippen LogP contribution is 2.24. The zero-order valence-corrected chi connectivity index (χ0v) is 14.7. The normalized spacial score (nSPS) is 12.5. The van der Waals surface area contributed by atoms with E-state index < -0.39 is 10.0 Å². The maximum absolute atomic E-state index is 12.4. The summed E-state index contributed by atoms with van der Waals surface area (Å²) in [6, 6.07) is 6.95. The first-order valence-electron chi connectivity index (χ1n) is 7.22. The van der Waals surface area contributed by atoms with Crippen molar-refractivity contribution in [3.05, 3.63) is 29.8 Å². The lowest BCUT2D eigenvalue weighted by Crippen LogP contribution is -2.28. The number of ether oxygens (including phenoxy) is 1. The van der Waals surface area contributed by atoms with Crippen LogP contribution >= 0.6 is 0 Å². The Balaban J connectivity index is 2.79. The van der Waals surface area contributed by atoms with E-state index >= 15 is 0 Å². The van der Waals surface area contributed by atoms with Crippen molar-refractivity contribution >= 4 is 16.0 Å². The Labute approximate surface area is 133 Å². The third kappa shape index (κ3) is 4.81. The summed E-state index contributed by atoms with van der Waals surface area (Å²) >= 11 is 0. The lowest BCUT2D eigenvalue weighted by atomic mass is 9.87. The van der Waals surface area contributed by atoms with Crippen molar-refractivity contribution in [3.63, 3.8) is 0 Å². The Morgan fingerprint density at radius 3 is 2.18 bits per heavy atom. The minimum absolute atomic E-state index is 0.0191. The van der Waals surface area contributed by atoms with Gasteiger partial charge in [-0.15, -0.1) is 0 Å². The van der Waals surface area contributed by atoms with E-state index in [2.05, 4.69) is 25.5 Å². The Kier molecular flexibility index (Phi) is 6.14. The molecule has 0 aliphatic heterocycles. The first-order valence-corrected chi connectivity index (χ1v) is 8.66. The van der Waals surface area contributed by atoms with Crippen LogP contribution < -0.4 is 0 Å². The van der Waals surface area contributed by atoms with Crippen molar-refractivity contribution in [3.8, 4) is 0 Å². The monoisotopic (exact) mass is 327 g/mol. The fraction of sp³-hybridized carbons (Fsp3) is 0.562. The van der Waals surface area contributed by atoms with E-state index in [9.17, 15) is 13.2 Å². The van der Waals surface area contributed by atoms with Crippen LogP contribution in [-0.4, -0.2) is 39.4 Å². The fourth-order valence-corrected chi connectivity index (χ4v) is 3.18. The molecule has 1 aromatic rings. The van der Waals surface area contributed by atoms with E-state index in [0.29, 0.717) is 6.42 Å². The molecule has 0 fully saturated rings. The van der Waals surface area contributed by atoms with Gasteiger partial charge in [-0.1, -0.05) is 32.9 Å². The smallest absolute Gasteiger partial charge is 0.305 e. The third-order valence-corrected chi connectivity index (χ3v) is 5.38. The van der Waals surface area contributed by atoms with E-state index in [-0.39, 0.29) is 29.2 Å². The predicted octanol–water partition coefficient (Wildman–Crippen LogP) is 2.56. The molecule has 0 aromatic heterocycles. The molecule has 0 heterocycles. The van der Waals surface area contributed by atoms with E-state index in [0.717, 1.165) is 5.56 Å². The van der Waals surface area contributed by atoms with Crippen molar-refractivity contribution in [1.82, 2.24) is 4.31 Å². The van der Waals surface area contributed by atoms with E-state index in [4.69, 9.17) is 0 Å². The highest BCUT2D eigenvalue weighted by Gasteiger charge is 2.22. The minimum Gasteiger partial charge on any atom is -0.469 e. The fourth-order valence-electron chi connectivity index (χ4n) is 1.98. The van der Waals surface area contributed by atoms with Crippen molar-refractivity contribution < 1.29 is 17.9 Å². The quantitative estimate of drug-likeness (QED) is 0.753. The van der Waals surface area contributed by atoms with Gasteiger partial charge in [0.1, 0.15) is 0 Å². The number of methoxy groups -OCH3 is 1. The van der Waals surface area contributed by atoms with Gasteiger partial charge in [0.15, 0.2) is 0 Å². The number of esters is 1. The Hall–Kier alpha value is -1.40. The summed E-state index contributed by atoms with van der Waals surface area (Å²) in [5.41, 5.74) is 1.06. The van der Waals surface area contributed by atoms with Crippen LogP contribution in [-0.2, 0) is 25.0 Å². The van der Waals surface area contributed by atoms with Crippen LogP contribution in [0.2, 0.25) is 0 Å². The maximum atomic E-state index is 12.4. The number of rotatable bonds is 6. The van der Waals surface area contributed by atoms with E-state index in [1.165, 1.54) is 18.5 Å². The summed E-state index contributed by atoms with van der Waals surface area (Å²) in [5, 5.41) is 0. The molecule has 124 valence electrons. The van der Waals surface area contributed by atoms with Crippen LogP contribution in [0.1, 0.15) is 39.2 Å². The van der Waals surface area contributed by atoms with Gasteiger partial charge in [-0.05, 0) is 29.5 Å². The van der Waals surface area contributed by atoms with Crippen LogP contribution in [0, 0.1) is 0 Å². The van der Waals surface area contributed by atoms with Gasteiger partial charge >= 0.3 is 5.97 Å². The number of sulfonamides is 1. The van der Waals surface area contributed by atoms with E-state index in [1.807, 2.05) is 12.1 Å². The number of hydrogen-bond donors (Lipinski definition) is 0. The zero-order valence-electron chi connectivity index (χ0n) is 13.9. The number of benzene rings is 1. The molecule has 0 bridgehead atoms. The lowest BCUT2D eigenvalue weighted by molar-refractivity contribution is -0.140. The van der Waals surface area contributed by atoms with Crippen LogP contribution in [0.5, 0.6) is 0 Å². The molecule has 1 aromatic carbocycles. The van der Waals surface area contributed by atoms with Gasteiger partial charge < -0.3 is 4.74 Å². The van der Waals surface area contributed by atoms with Crippen molar-refractivity contribution in [2.45, 2.75) is 43.9 Å². The summed E-state index contributed by atoms with van der Waals surface area (Å²) in [6.07, 6.45) is 0.641. The molecule has 0 saturated carbocycles. The number of hydrogen-bond acceptors (Lipinski definition) is 4. The molecule has 0 spiro atoms. The SMILES string of the molecule is COC(=O)CCCN(C)S(=O)(=O)c1ccc(C(C)(C)C)cc1. The summed E-state index contributed by atoms with van der Waals surface area (Å²) in [4.78, 5) is 11.3. The highest BCUT2D eigenvalue weighted by atomic mass is 32.2. The lowest BCUT2D eigenvalue weighted by Gasteiger charge is -2.20. The molecule has 6 heteroatoms. The topological polar surface area (TPSA) is 63.7 Å². The van der Waals surface area contributed by atoms with Crippen LogP contribution in [0.25, 0.3) is 0 Å². The van der Waals surface area contributed by atoms with Crippen molar-refractivity contribution in [2.24, 2.45) is 0 Å². The summed E-state index contributed by atoms with van der Waals surface area (Å²) in [7, 11) is -0.688. The molecule has 0 aliphatic carbocycles. The molecule has 5 nitrogen and oxygen atoms in total. The number of nitrogens with zero attached hydrogens (tertiary/aromatic N) is 1. The molecule has 1 rings (SSSR count). The maximum Gasteiger partial charge on any atom is 0.305 e. The van der Waals surface area contributed by atoms with Crippen molar-refractivity contribution in [1.29, 1.82) is 0 Å². The van der Waals surface area contributed by atoms with Gasteiger partial charge in [-0.3, -0.25) is 4.79 Å². The van der Waals surface area contributed by atoms with Crippen LogP contribution in [0.3, 0.4) is 0 Å². The molecule has 0 unspecified atom stereocenters. The summed E-state index contributed by atoms with van der Waals surface area (Å²) in [5.74, 6) is -0.333. The molecule has 0 N–H and O–H groups in total. The van der Waals surface area contributed by atoms with E-state index in [1.54, 1.807) is 12.1 Å². The molecule has 0 amide bonds.